The highest BCUT2D eigenvalue weighted by molar-refractivity contribution is 6.57. The Kier molecular flexibility index (Phi) is 18.5. The number of ether oxygens (including phenoxy) is 4. The summed E-state index contributed by atoms with van der Waals surface area (Å²) in [5.74, 6) is 0.853. The van der Waals surface area contributed by atoms with Gasteiger partial charge in [0.25, 0.3) is 0 Å². The van der Waals surface area contributed by atoms with E-state index in [-0.39, 0.29) is 37.1 Å². The van der Waals surface area contributed by atoms with Crippen molar-refractivity contribution >= 4 is 55.2 Å². The molecule has 0 saturated heterocycles. The number of unbranched alkanes of at least 4 members (excludes halogenated alkanes) is 1. The molecular weight excluding hydrogens is 470 g/mol. The summed E-state index contributed by atoms with van der Waals surface area (Å²) in [5, 5.41) is 20.9. The van der Waals surface area contributed by atoms with Crippen LogP contribution in [0.3, 0.4) is 0 Å². The van der Waals surface area contributed by atoms with E-state index in [1.807, 2.05) is 0 Å². The fraction of sp³-hybridized carbons (Fsp3) is 1.00. The standard InChI is InChI=1S/C17H33Cl4O6Si/c1-28(2)14(25-9-4-3-8-24-10-5-18)13-17(21,15(22)26-11-6-19)16(23)27-12-7-20/h14-16,22-23H,3-13H2,1-2H3. The number of halogens is 4. The first-order chi connectivity index (χ1) is 13.3. The monoisotopic (exact) mass is 501 g/mol. The second kappa shape index (κ2) is 17.8. The molecule has 3 atom stereocenters. The summed E-state index contributed by atoms with van der Waals surface area (Å²) in [4.78, 5) is -1.60. The third kappa shape index (κ3) is 12.1. The molecule has 11 heteroatoms. The number of hydrogen-bond donors (Lipinski definition) is 2. The summed E-state index contributed by atoms with van der Waals surface area (Å²) >= 11 is 23.4. The minimum absolute atomic E-state index is 0.0866. The molecule has 0 spiro atoms. The van der Waals surface area contributed by atoms with Crippen molar-refractivity contribution in [1.29, 1.82) is 0 Å². The van der Waals surface area contributed by atoms with Gasteiger partial charge in [0.05, 0.1) is 28.6 Å². The van der Waals surface area contributed by atoms with Crippen LogP contribution in [0.15, 0.2) is 0 Å². The molecule has 0 aliphatic rings. The predicted molar refractivity (Wildman–Crippen MR) is 117 cm³/mol. The number of alkyl halides is 4. The lowest BCUT2D eigenvalue weighted by Gasteiger charge is -2.38. The van der Waals surface area contributed by atoms with E-state index in [1.165, 1.54) is 0 Å². The Labute approximate surface area is 190 Å². The second-order valence-corrected chi connectivity index (χ2v) is 11.0. The Morgan fingerprint density at radius 2 is 1.29 bits per heavy atom. The highest BCUT2D eigenvalue weighted by Gasteiger charge is 2.47. The Bertz CT molecular complexity index is 357. The van der Waals surface area contributed by atoms with E-state index in [9.17, 15) is 10.2 Å². The van der Waals surface area contributed by atoms with Gasteiger partial charge in [0, 0.05) is 36.6 Å². The molecule has 0 aliphatic carbocycles. The van der Waals surface area contributed by atoms with Gasteiger partial charge < -0.3 is 29.2 Å². The molecule has 0 heterocycles. The summed E-state index contributed by atoms with van der Waals surface area (Å²) in [6.45, 7) is 6.02. The van der Waals surface area contributed by atoms with E-state index in [0.717, 1.165) is 12.8 Å². The Balaban J connectivity index is 4.84. The van der Waals surface area contributed by atoms with Gasteiger partial charge in [-0.3, -0.25) is 0 Å². The molecule has 28 heavy (non-hydrogen) atoms. The lowest BCUT2D eigenvalue weighted by Crippen LogP contribution is -2.54. The fourth-order valence-corrected chi connectivity index (χ4v) is 4.20. The molecule has 0 bridgehead atoms. The van der Waals surface area contributed by atoms with Gasteiger partial charge in [0.1, 0.15) is 4.87 Å². The van der Waals surface area contributed by atoms with E-state index in [0.29, 0.717) is 25.7 Å². The molecule has 2 N–H and O–H groups in total. The number of aliphatic hydroxyl groups is 2. The third-order valence-corrected chi connectivity index (χ3v) is 6.54. The lowest BCUT2D eigenvalue weighted by molar-refractivity contribution is -0.207. The minimum atomic E-state index is -1.60. The third-order valence-electron chi connectivity index (χ3n) is 3.89. The van der Waals surface area contributed by atoms with E-state index in [1.54, 1.807) is 0 Å². The number of aliphatic hydroxyl groups excluding tert-OH is 2. The normalized spacial score (nSPS) is 17.5. The first kappa shape index (κ1) is 29.1. The quantitative estimate of drug-likeness (QED) is 0.122. The van der Waals surface area contributed by atoms with Crippen molar-refractivity contribution in [2.75, 3.05) is 50.7 Å². The van der Waals surface area contributed by atoms with Gasteiger partial charge in [-0.2, -0.15) is 0 Å². The molecule has 1 radical (unpaired) electrons. The maximum absolute atomic E-state index is 10.4. The molecule has 0 fully saturated rings. The van der Waals surface area contributed by atoms with E-state index in [2.05, 4.69) is 13.1 Å². The average molecular weight is 503 g/mol. The number of rotatable bonds is 19. The second-order valence-electron chi connectivity index (χ2n) is 6.40. The van der Waals surface area contributed by atoms with Crippen molar-refractivity contribution < 1.29 is 29.2 Å². The van der Waals surface area contributed by atoms with Crippen molar-refractivity contribution in [2.45, 2.75) is 55.5 Å². The van der Waals surface area contributed by atoms with Crippen molar-refractivity contribution in [3.05, 3.63) is 0 Å². The van der Waals surface area contributed by atoms with Crippen LogP contribution in [0.5, 0.6) is 0 Å². The van der Waals surface area contributed by atoms with Crippen LogP contribution in [-0.2, 0) is 18.9 Å². The molecule has 169 valence electrons. The maximum Gasteiger partial charge on any atom is 0.179 e. The molecular formula is C17H33Cl4O6Si. The van der Waals surface area contributed by atoms with Crippen molar-refractivity contribution in [2.24, 2.45) is 0 Å². The van der Waals surface area contributed by atoms with Gasteiger partial charge in [-0.15, -0.1) is 46.4 Å². The van der Waals surface area contributed by atoms with E-state index >= 15 is 0 Å². The smallest absolute Gasteiger partial charge is 0.179 e. The molecule has 0 rings (SSSR count). The largest absolute Gasteiger partial charge is 0.382 e. The summed E-state index contributed by atoms with van der Waals surface area (Å²) in [6, 6.07) is 0. The molecule has 0 aromatic heterocycles. The Morgan fingerprint density at radius 3 is 1.75 bits per heavy atom. The van der Waals surface area contributed by atoms with Crippen LogP contribution in [0.4, 0.5) is 0 Å². The summed E-state index contributed by atoms with van der Waals surface area (Å²) in [6.07, 6.45) is -1.12. The molecule has 0 aliphatic heterocycles. The fourth-order valence-electron chi connectivity index (χ4n) is 2.32. The molecule has 0 aromatic carbocycles. The van der Waals surface area contributed by atoms with Gasteiger partial charge in [-0.25, -0.2) is 0 Å². The zero-order valence-corrected chi connectivity index (χ0v) is 20.6. The van der Waals surface area contributed by atoms with Crippen LogP contribution in [0.25, 0.3) is 0 Å². The SMILES string of the molecule is C[Si](C)C(CC(Cl)(C(O)OCCCl)C(O)OCCCl)OCCCCOCCCl. The predicted octanol–water partition coefficient (Wildman–Crippen LogP) is 3.22. The highest BCUT2D eigenvalue weighted by Crippen LogP contribution is 2.33. The van der Waals surface area contributed by atoms with Crippen molar-refractivity contribution in [3.63, 3.8) is 0 Å². The van der Waals surface area contributed by atoms with Gasteiger partial charge in [-0.05, 0) is 19.3 Å². The van der Waals surface area contributed by atoms with Crippen LogP contribution in [0, 0.1) is 0 Å². The summed E-state index contributed by atoms with van der Waals surface area (Å²) < 4.78 is 21.9. The van der Waals surface area contributed by atoms with Gasteiger partial charge in [0.2, 0.25) is 0 Å². The highest BCUT2D eigenvalue weighted by atomic mass is 35.5. The maximum atomic E-state index is 10.4. The van der Waals surface area contributed by atoms with Crippen molar-refractivity contribution in [3.8, 4) is 0 Å². The lowest BCUT2D eigenvalue weighted by atomic mass is 10.0. The Hall–Kier alpha value is 1.14. The van der Waals surface area contributed by atoms with E-state index in [4.69, 9.17) is 65.4 Å². The van der Waals surface area contributed by atoms with Gasteiger partial charge >= 0.3 is 0 Å². The molecule has 0 saturated carbocycles. The first-order valence-corrected chi connectivity index (χ1v) is 13.8. The summed E-state index contributed by atoms with van der Waals surface area (Å²) in [7, 11) is -0.954. The first-order valence-electron chi connectivity index (χ1n) is 9.29. The van der Waals surface area contributed by atoms with Crippen LogP contribution in [0.1, 0.15) is 19.3 Å². The Morgan fingerprint density at radius 1 is 0.786 bits per heavy atom. The van der Waals surface area contributed by atoms with Crippen LogP contribution in [-0.4, -0.2) is 92.9 Å². The van der Waals surface area contributed by atoms with Gasteiger partial charge in [0.15, 0.2) is 12.6 Å². The van der Waals surface area contributed by atoms with Crippen LogP contribution in [0.2, 0.25) is 13.1 Å². The minimum Gasteiger partial charge on any atom is -0.382 e. The zero-order valence-electron chi connectivity index (χ0n) is 16.5. The molecule has 3 unspecified atom stereocenters. The molecule has 6 nitrogen and oxygen atoms in total. The zero-order chi connectivity index (χ0) is 21.4. The van der Waals surface area contributed by atoms with Gasteiger partial charge in [-0.1, -0.05) is 13.1 Å². The van der Waals surface area contributed by atoms with Crippen LogP contribution >= 0.6 is 46.4 Å². The topological polar surface area (TPSA) is 77.4 Å². The summed E-state index contributed by atoms with van der Waals surface area (Å²) in [5.41, 5.74) is -0.227. The van der Waals surface area contributed by atoms with Crippen LogP contribution < -0.4 is 0 Å². The molecule has 0 aromatic rings. The molecule has 0 amide bonds. The van der Waals surface area contributed by atoms with E-state index < -0.39 is 26.3 Å². The number of hydrogen-bond acceptors (Lipinski definition) is 6. The van der Waals surface area contributed by atoms with Crippen molar-refractivity contribution in [1.82, 2.24) is 0 Å². The average Bonchev–Trinajstić information content (AvgIpc) is 2.67.